The maximum atomic E-state index is 4.78. The molecule has 5 aromatic rings. The van der Waals surface area contributed by atoms with E-state index in [2.05, 4.69) is 110 Å². The third kappa shape index (κ3) is 8.62. The largest absolute Gasteiger partial charge is 0.320 e. The van der Waals surface area contributed by atoms with Crippen molar-refractivity contribution in [3.63, 3.8) is 0 Å². The molecule has 0 spiro atoms. The summed E-state index contributed by atoms with van der Waals surface area (Å²) in [6, 6.07) is 32.2. The van der Waals surface area contributed by atoms with Gasteiger partial charge in [-0.3, -0.25) is 4.98 Å². The van der Waals surface area contributed by atoms with Gasteiger partial charge < -0.3 is 9.97 Å². The standard InChI is InChI=1S/C23H23N2.C19H24NSi.Ir/c1-16-12-20(13-17(2)25-16)23-14-21(18-10-6-7-11-18)22(15-24-23)19-8-4-3-5-9-19;1-21(2,3)19-14-20-18(16-11-5-4-6-12-16)13-17(19)15-9-7-8-10-15;/h3-5,8-9,12,14-15,18H,6-7,10-11H2,1-2H3;4-6,11,13-15H,7-10H2,1-3H3;/q2*-1;. The minimum Gasteiger partial charge on any atom is -0.320 e. The Morgan fingerprint density at radius 3 is 1.89 bits per heavy atom. The summed E-state index contributed by atoms with van der Waals surface area (Å²) in [4.78, 5) is 14.0. The van der Waals surface area contributed by atoms with Crippen LogP contribution in [0.25, 0.3) is 33.6 Å². The maximum Gasteiger partial charge on any atom is 0.0799 e. The van der Waals surface area contributed by atoms with Crippen molar-refractivity contribution in [3.05, 3.63) is 120 Å². The molecule has 2 saturated carbocycles. The molecule has 3 nitrogen and oxygen atoms in total. The first-order valence-electron chi connectivity index (χ1n) is 17.2. The fraction of sp³-hybridized carbons (Fsp3) is 0.357. The van der Waals surface area contributed by atoms with E-state index in [1.54, 1.807) is 10.8 Å². The zero-order chi connectivity index (χ0) is 32.1. The summed E-state index contributed by atoms with van der Waals surface area (Å²) < 4.78 is 0. The molecule has 5 heteroatoms. The van der Waals surface area contributed by atoms with E-state index in [1.807, 2.05) is 26.0 Å². The van der Waals surface area contributed by atoms with Gasteiger partial charge >= 0.3 is 0 Å². The van der Waals surface area contributed by atoms with Crippen molar-refractivity contribution >= 4 is 13.3 Å². The van der Waals surface area contributed by atoms with Crippen LogP contribution in [0.2, 0.25) is 19.6 Å². The Bertz CT molecular complexity index is 1730. The quantitative estimate of drug-likeness (QED) is 0.127. The van der Waals surface area contributed by atoms with E-state index in [-0.39, 0.29) is 20.1 Å². The SMILES string of the molecule is C[Si](C)(C)c1cnc(-c2[c-]cccc2)cc1C1CCCC1.Cc1[c-]c(-c2cc(C3CCCC3)c(-c3ccccc3)cn2)cc(C)n1.[Ir]. The van der Waals surface area contributed by atoms with E-state index in [1.165, 1.54) is 68.1 Å². The van der Waals surface area contributed by atoms with Gasteiger partial charge in [0.2, 0.25) is 0 Å². The molecule has 2 aliphatic carbocycles. The van der Waals surface area contributed by atoms with Crippen molar-refractivity contribution < 1.29 is 20.1 Å². The number of nitrogens with zero attached hydrogens (tertiary/aromatic N) is 3. The second-order valence-electron chi connectivity index (χ2n) is 14.2. The van der Waals surface area contributed by atoms with Gasteiger partial charge in [-0.1, -0.05) is 93.4 Å². The number of hydrogen-bond donors (Lipinski definition) is 0. The van der Waals surface area contributed by atoms with Crippen LogP contribution in [0, 0.1) is 26.0 Å². The summed E-state index contributed by atoms with van der Waals surface area (Å²) in [7, 11) is -1.34. The van der Waals surface area contributed by atoms with Gasteiger partial charge in [-0.25, -0.2) is 0 Å². The molecule has 0 aliphatic heterocycles. The minimum absolute atomic E-state index is 0. The van der Waals surface area contributed by atoms with Crippen LogP contribution in [-0.4, -0.2) is 23.0 Å². The van der Waals surface area contributed by atoms with Gasteiger partial charge in [0, 0.05) is 38.1 Å². The molecule has 0 N–H and O–H groups in total. The Labute approximate surface area is 297 Å². The minimum atomic E-state index is -1.34. The third-order valence-electron chi connectivity index (χ3n) is 9.63. The number of pyridine rings is 3. The van der Waals surface area contributed by atoms with E-state index < -0.39 is 8.07 Å². The number of aromatic nitrogens is 3. The van der Waals surface area contributed by atoms with Crippen LogP contribution in [0.4, 0.5) is 0 Å². The van der Waals surface area contributed by atoms with Crippen molar-refractivity contribution in [2.24, 2.45) is 0 Å². The Hall–Kier alpha value is -3.24. The molecule has 2 aliphatic rings. The zero-order valence-electron chi connectivity index (χ0n) is 28.6. The molecule has 0 amide bonds. The van der Waals surface area contributed by atoms with Crippen LogP contribution < -0.4 is 5.19 Å². The molecule has 7 rings (SSSR count). The Balaban J connectivity index is 0.000000183. The first-order chi connectivity index (χ1) is 22.3. The summed E-state index contributed by atoms with van der Waals surface area (Å²) in [6.07, 6.45) is 14.9. The molecular weight excluding hydrogens is 767 g/mol. The summed E-state index contributed by atoms with van der Waals surface area (Å²) in [5, 5.41) is 1.55. The van der Waals surface area contributed by atoms with E-state index in [9.17, 15) is 0 Å². The molecule has 3 aromatic heterocycles. The predicted octanol–water partition coefficient (Wildman–Crippen LogP) is 10.6. The number of aryl methyl sites for hydroxylation is 2. The van der Waals surface area contributed by atoms with Gasteiger partial charge in [0.05, 0.1) is 8.07 Å². The number of rotatable bonds is 6. The van der Waals surface area contributed by atoms with Gasteiger partial charge in [-0.15, -0.1) is 42.0 Å². The summed E-state index contributed by atoms with van der Waals surface area (Å²) in [6.45, 7) is 11.3. The molecule has 0 bridgehead atoms. The van der Waals surface area contributed by atoms with Crippen LogP contribution in [0.1, 0.15) is 85.7 Å². The molecular formula is C42H47IrN3Si-2. The molecule has 245 valence electrons. The van der Waals surface area contributed by atoms with Crippen LogP contribution in [0.5, 0.6) is 0 Å². The van der Waals surface area contributed by atoms with Crippen LogP contribution in [-0.2, 0) is 20.1 Å². The average Bonchev–Trinajstić information content (AvgIpc) is 3.80. The van der Waals surface area contributed by atoms with Crippen LogP contribution in [0.15, 0.2) is 85.2 Å². The Morgan fingerprint density at radius 1 is 0.681 bits per heavy atom. The van der Waals surface area contributed by atoms with E-state index in [0.29, 0.717) is 5.92 Å². The van der Waals surface area contributed by atoms with Gasteiger partial charge in [0.15, 0.2) is 0 Å². The van der Waals surface area contributed by atoms with E-state index in [4.69, 9.17) is 9.97 Å². The smallest absolute Gasteiger partial charge is 0.0799 e. The molecule has 0 unspecified atom stereocenters. The molecule has 2 fully saturated rings. The second kappa shape index (κ2) is 15.8. The summed E-state index contributed by atoms with van der Waals surface area (Å²) in [5.74, 6) is 1.39. The van der Waals surface area contributed by atoms with Crippen molar-refractivity contribution in [1.29, 1.82) is 0 Å². The normalized spacial score (nSPS) is 15.2. The number of hydrogen-bond acceptors (Lipinski definition) is 3. The van der Waals surface area contributed by atoms with Crippen LogP contribution >= 0.6 is 0 Å². The van der Waals surface area contributed by atoms with Gasteiger partial charge in [0.1, 0.15) is 0 Å². The Kier molecular flexibility index (Phi) is 11.8. The summed E-state index contributed by atoms with van der Waals surface area (Å²) >= 11 is 0. The average molecular weight is 814 g/mol. The Morgan fingerprint density at radius 2 is 1.28 bits per heavy atom. The molecule has 0 saturated heterocycles. The molecule has 3 heterocycles. The van der Waals surface area contributed by atoms with Gasteiger partial charge in [0.25, 0.3) is 0 Å². The van der Waals surface area contributed by atoms with Crippen molar-refractivity contribution in [2.75, 3.05) is 0 Å². The maximum absolute atomic E-state index is 4.78. The van der Waals surface area contributed by atoms with Crippen molar-refractivity contribution in [3.8, 4) is 33.6 Å². The van der Waals surface area contributed by atoms with Gasteiger partial charge in [-0.05, 0) is 90.5 Å². The van der Waals surface area contributed by atoms with E-state index >= 15 is 0 Å². The summed E-state index contributed by atoms with van der Waals surface area (Å²) in [5.41, 5.74) is 11.7. The topological polar surface area (TPSA) is 38.7 Å². The first kappa shape index (κ1) is 35.1. The van der Waals surface area contributed by atoms with Gasteiger partial charge in [-0.2, -0.15) is 11.6 Å². The fourth-order valence-electron chi connectivity index (χ4n) is 7.33. The van der Waals surface area contributed by atoms with E-state index in [0.717, 1.165) is 39.8 Å². The van der Waals surface area contributed by atoms with Crippen molar-refractivity contribution in [1.82, 2.24) is 15.0 Å². The number of benzene rings is 2. The van der Waals surface area contributed by atoms with Crippen molar-refractivity contribution in [2.45, 2.75) is 96.7 Å². The molecule has 47 heavy (non-hydrogen) atoms. The molecule has 2 aromatic carbocycles. The first-order valence-corrected chi connectivity index (χ1v) is 20.7. The predicted molar refractivity (Wildman–Crippen MR) is 195 cm³/mol. The monoisotopic (exact) mass is 814 g/mol. The molecule has 1 radical (unpaired) electrons. The van der Waals surface area contributed by atoms with Crippen LogP contribution in [0.3, 0.4) is 0 Å². The zero-order valence-corrected chi connectivity index (χ0v) is 32.0. The molecule has 0 atom stereocenters. The third-order valence-corrected chi connectivity index (χ3v) is 11.7. The second-order valence-corrected chi connectivity index (χ2v) is 19.2. The fourth-order valence-corrected chi connectivity index (χ4v) is 8.92.